The highest BCUT2D eigenvalue weighted by atomic mass is 16.5. The van der Waals surface area contributed by atoms with Crippen LogP contribution in [0.4, 0.5) is 0 Å². The van der Waals surface area contributed by atoms with Crippen LogP contribution in [0, 0.1) is 0 Å². The highest BCUT2D eigenvalue weighted by Gasteiger charge is 2.20. The Hall–Kier alpha value is -2.95. The van der Waals surface area contributed by atoms with Crippen LogP contribution in [-0.2, 0) is 6.61 Å². The van der Waals surface area contributed by atoms with Crippen LogP contribution in [0.3, 0.4) is 0 Å². The largest absolute Gasteiger partial charge is 0.508 e. The van der Waals surface area contributed by atoms with Crippen LogP contribution in [0.15, 0.2) is 53.3 Å². The highest BCUT2D eigenvalue weighted by molar-refractivity contribution is 5.89. The molecular weight excluding hydrogens is 318 g/mol. The molecule has 0 radical (unpaired) electrons. The molecular formula is C20H21NO4. The lowest BCUT2D eigenvalue weighted by Gasteiger charge is -2.19. The van der Waals surface area contributed by atoms with Crippen LogP contribution in [0.2, 0.25) is 0 Å². The average Bonchev–Trinajstić information content (AvgIpc) is 2.59. The third-order valence-corrected chi connectivity index (χ3v) is 4.05. The van der Waals surface area contributed by atoms with Crippen molar-refractivity contribution < 1.29 is 14.6 Å². The molecule has 0 saturated carbocycles. The third-order valence-electron chi connectivity index (χ3n) is 4.05. The molecule has 1 aromatic heterocycles. The maximum absolute atomic E-state index is 12.9. The smallest absolute Gasteiger partial charge is 0.297 e. The summed E-state index contributed by atoms with van der Waals surface area (Å²) in [6.45, 7) is 4.14. The number of nitrogens with zero attached hydrogens (tertiary/aromatic N) is 1. The van der Waals surface area contributed by atoms with Gasteiger partial charge >= 0.3 is 0 Å². The van der Waals surface area contributed by atoms with E-state index in [0.717, 1.165) is 10.9 Å². The Morgan fingerprint density at radius 2 is 1.80 bits per heavy atom. The molecule has 130 valence electrons. The van der Waals surface area contributed by atoms with Gasteiger partial charge in [-0.3, -0.25) is 4.79 Å². The predicted molar refractivity (Wildman–Crippen MR) is 97.6 cm³/mol. The highest BCUT2D eigenvalue weighted by Crippen LogP contribution is 2.35. The molecule has 0 aliphatic heterocycles. The Balaban J connectivity index is 2.20. The number of hydrogen-bond donors (Lipinski definition) is 1. The molecule has 25 heavy (non-hydrogen) atoms. The number of aromatic hydroxyl groups is 1. The van der Waals surface area contributed by atoms with Gasteiger partial charge in [-0.15, -0.1) is 0 Å². The zero-order valence-electron chi connectivity index (χ0n) is 14.5. The van der Waals surface area contributed by atoms with Crippen LogP contribution >= 0.6 is 0 Å². The number of phenols is 1. The number of benzene rings is 2. The van der Waals surface area contributed by atoms with Crippen molar-refractivity contribution in [3.05, 3.63) is 64.4 Å². The van der Waals surface area contributed by atoms with Gasteiger partial charge in [0.15, 0.2) is 5.75 Å². The molecule has 0 unspecified atom stereocenters. The molecule has 5 heteroatoms. The molecule has 0 aliphatic carbocycles. The van der Waals surface area contributed by atoms with E-state index in [9.17, 15) is 9.90 Å². The van der Waals surface area contributed by atoms with Crippen molar-refractivity contribution in [2.75, 3.05) is 7.11 Å². The van der Waals surface area contributed by atoms with Crippen LogP contribution in [0.25, 0.3) is 10.9 Å². The van der Waals surface area contributed by atoms with Gasteiger partial charge in [-0.1, -0.05) is 30.3 Å². The molecule has 2 aromatic carbocycles. The van der Waals surface area contributed by atoms with Crippen molar-refractivity contribution in [3.63, 3.8) is 0 Å². The molecule has 3 rings (SSSR count). The summed E-state index contributed by atoms with van der Waals surface area (Å²) in [5, 5.41) is 10.6. The fraction of sp³-hybridized carbons (Fsp3) is 0.250. The van der Waals surface area contributed by atoms with Gasteiger partial charge in [0.2, 0.25) is 5.75 Å². The van der Waals surface area contributed by atoms with Gasteiger partial charge in [-0.25, -0.2) is 0 Å². The van der Waals surface area contributed by atoms with Crippen molar-refractivity contribution in [1.82, 2.24) is 4.57 Å². The molecule has 1 heterocycles. The number of hydrogen-bond acceptors (Lipinski definition) is 4. The summed E-state index contributed by atoms with van der Waals surface area (Å²) in [5.41, 5.74) is 1.33. The van der Waals surface area contributed by atoms with Crippen molar-refractivity contribution in [2.45, 2.75) is 26.5 Å². The van der Waals surface area contributed by atoms with E-state index in [1.54, 1.807) is 22.8 Å². The number of ether oxygens (including phenoxy) is 2. The first-order valence-corrected chi connectivity index (χ1v) is 8.15. The summed E-state index contributed by atoms with van der Waals surface area (Å²) >= 11 is 0. The number of aromatic nitrogens is 1. The van der Waals surface area contributed by atoms with Gasteiger partial charge < -0.3 is 19.1 Å². The first kappa shape index (κ1) is 16.9. The van der Waals surface area contributed by atoms with E-state index >= 15 is 0 Å². The lowest BCUT2D eigenvalue weighted by Crippen LogP contribution is -2.24. The van der Waals surface area contributed by atoms with Crippen molar-refractivity contribution in [2.24, 2.45) is 0 Å². The van der Waals surface area contributed by atoms with Crippen LogP contribution in [0.5, 0.6) is 17.2 Å². The molecule has 0 aliphatic rings. The maximum atomic E-state index is 12.9. The lowest BCUT2D eigenvalue weighted by atomic mass is 10.1. The summed E-state index contributed by atoms with van der Waals surface area (Å²) in [4.78, 5) is 12.9. The van der Waals surface area contributed by atoms with E-state index < -0.39 is 0 Å². The molecule has 0 amide bonds. The number of pyridine rings is 1. The van der Waals surface area contributed by atoms with E-state index in [-0.39, 0.29) is 23.1 Å². The monoisotopic (exact) mass is 339 g/mol. The minimum atomic E-state index is -0.279. The minimum absolute atomic E-state index is 0.0890. The van der Waals surface area contributed by atoms with Gasteiger partial charge in [0.1, 0.15) is 12.4 Å². The van der Waals surface area contributed by atoms with Crippen LogP contribution in [0.1, 0.15) is 25.5 Å². The molecule has 5 nitrogen and oxygen atoms in total. The second kappa shape index (κ2) is 6.89. The molecule has 1 N–H and O–H groups in total. The quantitative estimate of drug-likeness (QED) is 0.766. The van der Waals surface area contributed by atoms with E-state index in [4.69, 9.17) is 9.47 Å². The van der Waals surface area contributed by atoms with Crippen molar-refractivity contribution in [3.8, 4) is 17.2 Å². The summed E-state index contributed by atoms with van der Waals surface area (Å²) in [7, 11) is 1.46. The number of rotatable bonds is 5. The number of fused-ring (bicyclic) bond motifs is 1. The lowest BCUT2D eigenvalue weighted by molar-refractivity contribution is 0.284. The molecule has 0 saturated heterocycles. The zero-order valence-corrected chi connectivity index (χ0v) is 14.5. The standard InChI is InChI=1S/C20H21NO4/c1-13(2)21-17-11-15(22)9-10-16(17)18(19(24-3)20(21)23)25-12-14-7-5-4-6-8-14/h4-11,13,22H,12H2,1-3H3. The zero-order chi connectivity index (χ0) is 18.0. The Morgan fingerprint density at radius 1 is 1.08 bits per heavy atom. The first-order chi connectivity index (χ1) is 12.0. The van der Waals surface area contributed by atoms with Crippen molar-refractivity contribution in [1.29, 1.82) is 0 Å². The fourth-order valence-electron chi connectivity index (χ4n) is 2.92. The molecule has 0 spiro atoms. The second-order valence-electron chi connectivity index (χ2n) is 6.11. The van der Waals surface area contributed by atoms with Crippen LogP contribution < -0.4 is 15.0 Å². The number of methoxy groups -OCH3 is 1. The summed E-state index contributed by atoms with van der Waals surface area (Å²) in [6, 6.07) is 14.5. The topological polar surface area (TPSA) is 60.7 Å². The van der Waals surface area contributed by atoms with E-state index in [2.05, 4.69) is 0 Å². The minimum Gasteiger partial charge on any atom is -0.508 e. The van der Waals surface area contributed by atoms with Gasteiger partial charge in [-0.2, -0.15) is 0 Å². The fourth-order valence-corrected chi connectivity index (χ4v) is 2.92. The first-order valence-electron chi connectivity index (χ1n) is 8.15. The van der Waals surface area contributed by atoms with E-state index in [1.807, 2.05) is 44.2 Å². The van der Waals surface area contributed by atoms with Crippen LogP contribution in [-0.4, -0.2) is 16.8 Å². The van der Waals surface area contributed by atoms with E-state index in [0.29, 0.717) is 17.9 Å². The maximum Gasteiger partial charge on any atom is 0.297 e. The van der Waals surface area contributed by atoms with Gasteiger partial charge in [0.05, 0.1) is 12.6 Å². The summed E-state index contributed by atoms with van der Waals surface area (Å²) < 4.78 is 12.9. The molecule has 0 bridgehead atoms. The average molecular weight is 339 g/mol. The molecule has 0 atom stereocenters. The summed E-state index contributed by atoms with van der Waals surface area (Å²) in [5.74, 6) is 0.659. The van der Waals surface area contributed by atoms with Gasteiger partial charge in [0, 0.05) is 17.5 Å². The Labute approximate surface area is 146 Å². The van der Waals surface area contributed by atoms with E-state index in [1.165, 1.54) is 7.11 Å². The Morgan fingerprint density at radius 3 is 2.44 bits per heavy atom. The third kappa shape index (κ3) is 3.18. The van der Waals surface area contributed by atoms with Crippen molar-refractivity contribution >= 4 is 10.9 Å². The molecule has 3 aromatic rings. The Kier molecular flexibility index (Phi) is 4.65. The van der Waals surface area contributed by atoms with Gasteiger partial charge in [-0.05, 0) is 31.5 Å². The molecule has 0 fully saturated rings. The summed E-state index contributed by atoms with van der Waals surface area (Å²) in [6.07, 6.45) is 0. The normalized spacial score (nSPS) is 11.0. The Bertz CT molecular complexity index is 945. The SMILES string of the molecule is COc1c(OCc2ccccc2)c2ccc(O)cc2n(C(C)C)c1=O. The predicted octanol–water partition coefficient (Wildman–Crippen LogP) is 3.88. The van der Waals surface area contributed by atoms with Gasteiger partial charge in [0.25, 0.3) is 5.56 Å². The number of phenolic OH excluding ortho intramolecular Hbond substituents is 1. The second-order valence-corrected chi connectivity index (χ2v) is 6.11.